The molecule has 2 N–H and O–H groups in total. The highest BCUT2D eigenvalue weighted by atomic mass is 127. The van der Waals surface area contributed by atoms with Crippen molar-refractivity contribution in [2.75, 3.05) is 13.1 Å². The first kappa shape index (κ1) is 25.9. The van der Waals surface area contributed by atoms with Crippen molar-refractivity contribution in [1.82, 2.24) is 20.5 Å². The van der Waals surface area contributed by atoms with Gasteiger partial charge in [0.2, 0.25) is 0 Å². The van der Waals surface area contributed by atoms with Gasteiger partial charge in [-0.05, 0) is 32.3 Å². The van der Waals surface area contributed by atoms with Crippen LogP contribution in [-0.2, 0) is 19.3 Å². The Balaban J connectivity index is 0.00000341. The molecular formula is C21H29F3IN5S. The van der Waals surface area contributed by atoms with Crippen molar-refractivity contribution < 1.29 is 13.2 Å². The van der Waals surface area contributed by atoms with Crippen molar-refractivity contribution in [2.24, 2.45) is 4.99 Å². The number of halogens is 4. The minimum atomic E-state index is -4.41. The fraction of sp³-hybridized carbons (Fsp3) is 0.524. The summed E-state index contributed by atoms with van der Waals surface area (Å²) in [4.78, 5) is 10.6. The molecule has 0 radical (unpaired) electrons. The first-order valence-corrected chi connectivity index (χ1v) is 11.1. The van der Waals surface area contributed by atoms with Gasteiger partial charge in [0.25, 0.3) is 0 Å². The number of guanidine groups is 1. The lowest BCUT2D eigenvalue weighted by atomic mass is 9.97. The van der Waals surface area contributed by atoms with E-state index in [-0.39, 0.29) is 36.6 Å². The van der Waals surface area contributed by atoms with E-state index in [1.165, 1.54) is 5.56 Å². The Labute approximate surface area is 202 Å². The molecule has 0 spiro atoms. The third-order valence-electron chi connectivity index (χ3n) is 5.14. The van der Waals surface area contributed by atoms with Crippen molar-refractivity contribution in [1.29, 1.82) is 0 Å². The fourth-order valence-electron chi connectivity index (χ4n) is 3.58. The molecule has 2 atom stereocenters. The Kier molecular flexibility index (Phi) is 10.0. The fourth-order valence-corrected chi connectivity index (χ4v) is 4.30. The molecule has 2 heterocycles. The Morgan fingerprint density at radius 3 is 2.65 bits per heavy atom. The van der Waals surface area contributed by atoms with Gasteiger partial charge in [0.05, 0.1) is 6.54 Å². The number of alkyl halides is 3. The van der Waals surface area contributed by atoms with E-state index in [1.807, 2.05) is 13.0 Å². The lowest BCUT2D eigenvalue weighted by Crippen LogP contribution is -2.51. The van der Waals surface area contributed by atoms with Gasteiger partial charge in [0.1, 0.15) is 5.01 Å². The lowest BCUT2D eigenvalue weighted by Gasteiger charge is -2.38. The van der Waals surface area contributed by atoms with E-state index in [4.69, 9.17) is 0 Å². The molecule has 0 saturated carbocycles. The van der Waals surface area contributed by atoms with E-state index in [0.717, 1.165) is 42.6 Å². The van der Waals surface area contributed by atoms with Crippen LogP contribution in [0.5, 0.6) is 0 Å². The van der Waals surface area contributed by atoms with Gasteiger partial charge in [-0.1, -0.05) is 30.3 Å². The summed E-state index contributed by atoms with van der Waals surface area (Å²) in [6.07, 6.45) is -2.45. The second kappa shape index (κ2) is 12.0. The quantitative estimate of drug-likeness (QED) is 0.297. The second-order valence-electron chi connectivity index (χ2n) is 7.49. The number of nitrogens with zero attached hydrogens (tertiary/aromatic N) is 3. The van der Waals surface area contributed by atoms with Gasteiger partial charge in [-0.3, -0.25) is 4.90 Å². The summed E-state index contributed by atoms with van der Waals surface area (Å²) in [6, 6.07) is 11.1. The highest BCUT2D eigenvalue weighted by Crippen LogP contribution is 2.30. The van der Waals surface area contributed by atoms with Crippen LogP contribution < -0.4 is 10.6 Å². The highest BCUT2D eigenvalue weighted by molar-refractivity contribution is 14.0. The predicted octanol–water partition coefficient (Wildman–Crippen LogP) is 4.89. The van der Waals surface area contributed by atoms with Gasteiger partial charge in [0, 0.05) is 37.1 Å². The normalized spacial score (nSPS) is 20.2. The minimum Gasteiger partial charge on any atom is -0.357 e. The van der Waals surface area contributed by atoms with E-state index >= 15 is 0 Å². The Bertz CT molecular complexity index is 828. The number of nitrogens with one attached hydrogen (secondary N) is 2. The summed E-state index contributed by atoms with van der Waals surface area (Å²) in [7, 11) is 0. The maximum atomic E-state index is 12.7. The SMILES string of the molecule is CCNC(=NCc1nc(C(F)(F)F)cs1)NC1CCN(Cc2ccccc2)C(C)C1.I. The number of aromatic nitrogens is 1. The van der Waals surface area contributed by atoms with Crippen LogP contribution in [0.2, 0.25) is 0 Å². The molecule has 0 aliphatic carbocycles. The van der Waals surface area contributed by atoms with Crippen LogP contribution >= 0.6 is 35.3 Å². The van der Waals surface area contributed by atoms with E-state index in [2.05, 4.69) is 56.7 Å². The van der Waals surface area contributed by atoms with Gasteiger partial charge in [-0.15, -0.1) is 35.3 Å². The summed E-state index contributed by atoms with van der Waals surface area (Å²) >= 11 is 0.984. The van der Waals surface area contributed by atoms with Crippen LogP contribution in [0.1, 0.15) is 43.0 Å². The monoisotopic (exact) mass is 567 g/mol. The zero-order chi connectivity index (χ0) is 21.6. The number of likely N-dealkylation sites (tertiary alicyclic amines) is 1. The smallest absolute Gasteiger partial charge is 0.357 e. The molecule has 1 aromatic heterocycles. The number of hydrogen-bond donors (Lipinski definition) is 2. The van der Waals surface area contributed by atoms with E-state index < -0.39 is 11.9 Å². The van der Waals surface area contributed by atoms with Gasteiger partial charge >= 0.3 is 6.18 Å². The van der Waals surface area contributed by atoms with Crippen molar-refractivity contribution in [3.05, 3.63) is 52.0 Å². The van der Waals surface area contributed by atoms with Gasteiger partial charge in [-0.2, -0.15) is 13.2 Å². The number of rotatable bonds is 6. The van der Waals surface area contributed by atoms with Crippen molar-refractivity contribution >= 4 is 41.3 Å². The molecule has 172 valence electrons. The van der Waals surface area contributed by atoms with Crippen LogP contribution in [0.3, 0.4) is 0 Å². The first-order valence-electron chi connectivity index (χ1n) is 10.2. The van der Waals surface area contributed by atoms with E-state index in [0.29, 0.717) is 23.6 Å². The van der Waals surface area contributed by atoms with Crippen molar-refractivity contribution in [3.8, 4) is 0 Å². The van der Waals surface area contributed by atoms with Gasteiger partial charge < -0.3 is 10.6 Å². The van der Waals surface area contributed by atoms with E-state index in [1.54, 1.807) is 0 Å². The molecule has 2 aromatic rings. The van der Waals surface area contributed by atoms with Crippen molar-refractivity contribution in [2.45, 2.75) is 58.0 Å². The third kappa shape index (κ3) is 7.90. The largest absolute Gasteiger partial charge is 0.434 e. The summed E-state index contributed by atoms with van der Waals surface area (Å²) in [5.41, 5.74) is 0.461. The summed E-state index contributed by atoms with van der Waals surface area (Å²) in [6.45, 7) is 6.92. The number of benzene rings is 1. The first-order chi connectivity index (χ1) is 14.3. The molecule has 5 nitrogen and oxygen atoms in total. The molecule has 0 amide bonds. The molecule has 1 aliphatic rings. The van der Waals surface area contributed by atoms with Crippen LogP contribution in [0, 0.1) is 0 Å². The molecule has 1 fully saturated rings. The Hall–Kier alpha value is -1.40. The van der Waals surface area contributed by atoms with Crippen LogP contribution in [0.15, 0.2) is 40.7 Å². The minimum absolute atomic E-state index is 0. The number of aliphatic imine (C=N–C) groups is 1. The predicted molar refractivity (Wildman–Crippen MR) is 130 cm³/mol. The highest BCUT2D eigenvalue weighted by Gasteiger charge is 2.33. The topological polar surface area (TPSA) is 52.6 Å². The number of hydrogen-bond acceptors (Lipinski definition) is 4. The number of piperidine rings is 1. The molecule has 3 rings (SSSR count). The van der Waals surface area contributed by atoms with E-state index in [9.17, 15) is 13.2 Å². The molecule has 2 unspecified atom stereocenters. The summed E-state index contributed by atoms with van der Waals surface area (Å²) in [5, 5.41) is 8.02. The molecule has 1 saturated heterocycles. The summed E-state index contributed by atoms with van der Waals surface area (Å²) < 4.78 is 38.1. The summed E-state index contributed by atoms with van der Waals surface area (Å²) in [5.74, 6) is 0.620. The molecule has 31 heavy (non-hydrogen) atoms. The maximum absolute atomic E-state index is 12.7. The zero-order valence-corrected chi connectivity index (χ0v) is 20.8. The Morgan fingerprint density at radius 2 is 2.03 bits per heavy atom. The van der Waals surface area contributed by atoms with Gasteiger partial charge in [0.15, 0.2) is 11.7 Å². The standard InChI is InChI=1S/C21H28F3N5S.HI/c1-3-25-20(26-12-19-28-18(14-30-19)21(22,23)24)27-17-9-10-29(15(2)11-17)13-16-7-5-4-6-8-16;/h4-8,14-15,17H,3,9-13H2,1-2H3,(H2,25,26,27);1H. The zero-order valence-electron chi connectivity index (χ0n) is 17.7. The molecule has 1 aromatic carbocycles. The Morgan fingerprint density at radius 1 is 1.29 bits per heavy atom. The molecule has 10 heteroatoms. The second-order valence-corrected chi connectivity index (χ2v) is 8.43. The number of thiazole rings is 1. The van der Waals surface area contributed by atoms with Gasteiger partial charge in [-0.25, -0.2) is 9.98 Å². The van der Waals surface area contributed by atoms with Crippen LogP contribution in [-0.4, -0.2) is 41.0 Å². The molecular weight excluding hydrogens is 538 g/mol. The lowest BCUT2D eigenvalue weighted by molar-refractivity contribution is -0.140. The molecule has 1 aliphatic heterocycles. The third-order valence-corrected chi connectivity index (χ3v) is 5.98. The maximum Gasteiger partial charge on any atom is 0.434 e. The molecule has 0 bridgehead atoms. The van der Waals surface area contributed by atoms with Crippen molar-refractivity contribution in [3.63, 3.8) is 0 Å². The average Bonchev–Trinajstić information content (AvgIpc) is 3.19. The average molecular weight is 567 g/mol. The van der Waals surface area contributed by atoms with Crippen LogP contribution in [0.25, 0.3) is 0 Å². The van der Waals surface area contributed by atoms with Crippen LogP contribution in [0.4, 0.5) is 13.2 Å².